The number of hydrogen-bond donors (Lipinski definition) is 0. The molecule has 7 heteroatoms. The van der Waals surface area contributed by atoms with E-state index in [9.17, 15) is 0 Å². The largest absolute Gasteiger partial charge is 0.461 e. The summed E-state index contributed by atoms with van der Waals surface area (Å²) in [5.74, 6) is 1.32. The molecule has 3 heterocycles. The molecule has 17 heavy (non-hydrogen) atoms. The van der Waals surface area contributed by atoms with E-state index in [2.05, 4.69) is 19.9 Å². The van der Waals surface area contributed by atoms with E-state index in [-0.39, 0.29) is 5.28 Å². The van der Waals surface area contributed by atoms with Gasteiger partial charge in [-0.1, -0.05) is 0 Å². The first kappa shape index (κ1) is 9.98. The Labute approximate surface area is 101 Å². The van der Waals surface area contributed by atoms with Gasteiger partial charge in [-0.2, -0.15) is 15.0 Å². The molecule has 0 saturated heterocycles. The topological polar surface area (TPSA) is 69.6 Å². The molecular formula is C10H6ClN5O. The maximum atomic E-state index is 5.85. The highest BCUT2D eigenvalue weighted by atomic mass is 35.5. The van der Waals surface area contributed by atoms with Crippen LogP contribution in [0, 0.1) is 0 Å². The van der Waals surface area contributed by atoms with Crippen LogP contribution in [-0.4, -0.2) is 24.5 Å². The number of hydrogen-bond acceptors (Lipinski definition) is 5. The SMILES string of the molecule is Clc1nc(-c2ccco2)nc(-n2ccnc2)n1. The molecule has 3 aromatic heterocycles. The van der Waals surface area contributed by atoms with Crippen molar-refractivity contribution in [3.63, 3.8) is 0 Å². The van der Waals surface area contributed by atoms with Crippen molar-refractivity contribution in [3.05, 3.63) is 42.4 Å². The van der Waals surface area contributed by atoms with Crippen molar-refractivity contribution in [2.75, 3.05) is 0 Å². The van der Waals surface area contributed by atoms with Crippen molar-refractivity contribution in [1.29, 1.82) is 0 Å². The fraction of sp³-hybridized carbons (Fsp3) is 0. The highest BCUT2D eigenvalue weighted by molar-refractivity contribution is 6.28. The zero-order valence-corrected chi connectivity index (χ0v) is 9.24. The Balaban J connectivity index is 2.13. The van der Waals surface area contributed by atoms with Gasteiger partial charge in [0.05, 0.1) is 6.26 Å². The Kier molecular flexibility index (Phi) is 2.34. The zero-order valence-electron chi connectivity index (χ0n) is 8.49. The van der Waals surface area contributed by atoms with E-state index in [4.69, 9.17) is 16.0 Å². The summed E-state index contributed by atoms with van der Waals surface area (Å²) in [6.07, 6.45) is 6.48. The average molecular weight is 248 g/mol. The van der Waals surface area contributed by atoms with E-state index >= 15 is 0 Å². The van der Waals surface area contributed by atoms with E-state index in [0.717, 1.165) is 0 Å². The molecule has 0 aliphatic carbocycles. The molecule has 0 unspecified atom stereocenters. The third-order valence-electron chi connectivity index (χ3n) is 2.07. The number of halogens is 1. The van der Waals surface area contributed by atoms with Gasteiger partial charge in [-0.15, -0.1) is 0 Å². The second kappa shape index (κ2) is 3.99. The van der Waals surface area contributed by atoms with Gasteiger partial charge in [0.2, 0.25) is 17.1 Å². The van der Waals surface area contributed by atoms with Crippen LogP contribution in [0.1, 0.15) is 0 Å². The molecule has 3 aromatic rings. The third-order valence-corrected chi connectivity index (χ3v) is 2.24. The first-order valence-corrected chi connectivity index (χ1v) is 5.14. The van der Waals surface area contributed by atoms with Crippen LogP contribution in [0.2, 0.25) is 5.28 Å². The quantitative estimate of drug-likeness (QED) is 0.692. The summed E-state index contributed by atoms with van der Waals surface area (Å²) in [4.78, 5) is 16.2. The van der Waals surface area contributed by atoms with Crippen LogP contribution in [0.5, 0.6) is 0 Å². The predicted molar refractivity (Wildman–Crippen MR) is 59.7 cm³/mol. The van der Waals surface area contributed by atoms with Gasteiger partial charge in [0.15, 0.2) is 5.76 Å². The summed E-state index contributed by atoms with van der Waals surface area (Å²) >= 11 is 5.85. The molecule has 6 nitrogen and oxygen atoms in total. The molecule has 0 bridgehead atoms. The summed E-state index contributed by atoms with van der Waals surface area (Å²) in [6.45, 7) is 0. The molecule has 0 N–H and O–H groups in total. The van der Waals surface area contributed by atoms with E-state index in [1.807, 2.05) is 0 Å². The standard InChI is InChI=1S/C10H6ClN5O/c11-9-13-8(7-2-1-5-17-7)14-10(15-9)16-4-3-12-6-16/h1-6H. The van der Waals surface area contributed by atoms with E-state index < -0.39 is 0 Å². The van der Waals surface area contributed by atoms with E-state index in [0.29, 0.717) is 17.5 Å². The summed E-state index contributed by atoms with van der Waals surface area (Å²) < 4.78 is 6.85. The monoisotopic (exact) mass is 247 g/mol. The predicted octanol–water partition coefficient (Wildman–Crippen LogP) is 1.97. The third kappa shape index (κ3) is 1.90. The summed E-state index contributed by atoms with van der Waals surface area (Å²) in [7, 11) is 0. The number of imidazole rings is 1. The second-order valence-corrected chi connectivity index (χ2v) is 3.51. The molecule has 0 amide bonds. The molecule has 0 aliphatic rings. The molecule has 0 spiro atoms. The Hall–Kier alpha value is -2.21. The van der Waals surface area contributed by atoms with Crippen LogP contribution in [0.3, 0.4) is 0 Å². The molecule has 0 saturated carbocycles. The number of rotatable bonds is 2. The van der Waals surface area contributed by atoms with Crippen molar-refractivity contribution >= 4 is 11.6 Å². The highest BCUT2D eigenvalue weighted by Gasteiger charge is 2.10. The first-order chi connectivity index (χ1) is 8.33. The van der Waals surface area contributed by atoms with Crippen LogP contribution in [0.25, 0.3) is 17.5 Å². The summed E-state index contributed by atoms with van der Waals surface area (Å²) in [6, 6.07) is 3.51. The smallest absolute Gasteiger partial charge is 0.239 e. The molecule has 0 fully saturated rings. The molecular weight excluding hydrogens is 242 g/mol. The van der Waals surface area contributed by atoms with E-state index in [1.54, 1.807) is 41.7 Å². The minimum Gasteiger partial charge on any atom is -0.461 e. The van der Waals surface area contributed by atoms with Crippen molar-refractivity contribution in [2.45, 2.75) is 0 Å². The fourth-order valence-electron chi connectivity index (χ4n) is 1.35. The van der Waals surface area contributed by atoms with Crippen LogP contribution in [-0.2, 0) is 0 Å². The van der Waals surface area contributed by atoms with Gasteiger partial charge in [-0.3, -0.25) is 4.57 Å². The second-order valence-electron chi connectivity index (χ2n) is 3.18. The number of nitrogens with zero attached hydrogens (tertiary/aromatic N) is 5. The van der Waals surface area contributed by atoms with Gasteiger partial charge in [0.1, 0.15) is 6.33 Å². The maximum Gasteiger partial charge on any atom is 0.239 e. The van der Waals surface area contributed by atoms with Gasteiger partial charge in [-0.25, -0.2) is 4.98 Å². The first-order valence-electron chi connectivity index (χ1n) is 4.77. The van der Waals surface area contributed by atoms with Gasteiger partial charge in [0.25, 0.3) is 0 Å². The van der Waals surface area contributed by atoms with Crippen molar-refractivity contribution in [3.8, 4) is 17.5 Å². The molecule has 84 valence electrons. The van der Waals surface area contributed by atoms with Crippen molar-refractivity contribution in [1.82, 2.24) is 24.5 Å². The molecule has 0 atom stereocenters. The van der Waals surface area contributed by atoms with Gasteiger partial charge >= 0.3 is 0 Å². The van der Waals surface area contributed by atoms with Crippen LogP contribution < -0.4 is 0 Å². The van der Waals surface area contributed by atoms with E-state index in [1.165, 1.54) is 0 Å². The van der Waals surface area contributed by atoms with Gasteiger partial charge in [0, 0.05) is 12.4 Å². The molecule has 0 aromatic carbocycles. The summed E-state index contributed by atoms with van der Waals surface area (Å²) in [5.41, 5.74) is 0. The van der Waals surface area contributed by atoms with Crippen molar-refractivity contribution in [2.24, 2.45) is 0 Å². The molecule has 0 radical (unpaired) electrons. The van der Waals surface area contributed by atoms with Crippen LogP contribution in [0.15, 0.2) is 41.5 Å². The summed E-state index contributed by atoms with van der Waals surface area (Å²) in [5, 5.41) is 0.107. The Morgan fingerprint density at radius 2 is 2.18 bits per heavy atom. The fourth-order valence-corrected chi connectivity index (χ4v) is 1.50. The van der Waals surface area contributed by atoms with Crippen molar-refractivity contribution < 1.29 is 4.42 Å². The lowest BCUT2D eigenvalue weighted by Gasteiger charge is -2.02. The lowest BCUT2D eigenvalue weighted by molar-refractivity contribution is 0.576. The van der Waals surface area contributed by atoms with Gasteiger partial charge < -0.3 is 4.42 Å². The highest BCUT2D eigenvalue weighted by Crippen LogP contribution is 2.17. The minimum atomic E-state index is 0.107. The minimum absolute atomic E-state index is 0.107. The van der Waals surface area contributed by atoms with Crippen LogP contribution in [0.4, 0.5) is 0 Å². The average Bonchev–Trinajstić information content (AvgIpc) is 3.02. The number of furan rings is 1. The molecule has 3 rings (SSSR count). The lowest BCUT2D eigenvalue weighted by atomic mass is 10.4. The Morgan fingerprint density at radius 1 is 1.24 bits per heavy atom. The number of aromatic nitrogens is 5. The molecule has 0 aliphatic heterocycles. The lowest BCUT2D eigenvalue weighted by Crippen LogP contribution is -2.02. The zero-order chi connectivity index (χ0) is 11.7. The van der Waals surface area contributed by atoms with Gasteiger partial charge in [-0.05, 0) is 23.7 Å². The maximum absolute atomic E-state index is 5.85. The van der Waals surface area contributed by atoms with Crippen LogP contribution >= 0.6 is 11.6 Å². The Bertz CT molecular complexity index is 568. The normalized spacial score (nSPS) is 10.6. The Morgan fingerprint density at radius 3 is 2.88 bits per heavy atom.